The Morgan fingerprint density at radius 2 is 2.00 bits per heavy atom. The Morgan fingerprint density at radius 1 is 1.25 bits per heavy atom. The maximum absolute atomic E-state index is 13.1. The molecule has 1 aromatic carbocycles. The Balaban J connectivity index is 1.60. The van der Waals surface area contributed by atoms with Gasteiger partial charge < -0.3 is 19.6 Å². The molecule has 144 valence electrons. The van der Waals surface area contributed by atoms with E-state index in [2.05, 4.69) is 15.5 Å². The van der Waals surface area contributed by atoms with Crippen LogP contribution in [0.25, 0.3) is 11.3 Å². The molecule has 4 rings (SSSR count). The molecule has 2 N–H and O–H groups in total. The first kappa shape index (κ1) is 18.0. The van der Waals surface area contributed by atoms with Gasteiger partial charge in [0, 0.05) is 23.4 Å². The average molecular weight is 379 g/mol. The van der Waals surface area contributed by atoms with E-state index in [1.54, 1.807) is 38.4 Å². The number of benzene rings is 1. The number of hydrogen-bond donors (Lipinski definition) is 2. The minimum Gasteiger partial charge on any atom is -0.497 e. The van der Waals surface area contributed by atoms with Crippen LogP contribution in [0.4, 0.5) is 0 Å². The highest BCUT2D eigenvalue weighted by Crippen LogP contribution is 2.29. The number of amides is 1. The zero-order valence-electron chi connectivity index (χ0n) is 15.7. The van der Waals surface area contributed by atoms with E-state index in [1.165, 1.54) is 0 Å². The summed E-state index contributed by atoms with van der Waals surface area (Å²) >= 11 is 0. The molecule has 1 aliphatic carbocycles. The molecular formula is C21H21N3O4. The quantitative estimate of drug-likeness (QED) is 0.639. The first-order valence-corrected chi connectivity index (χ1v) is 9.21. The number of ether oxygens (including phenoxy) is 1. The van der Waals surface area contributed by atoms with Crippen molar-refractivity contribution < 1.29 is 18.8 Å². The highest BCUT2D eigenvalue weighted by molar-refractivity contribution is 6.13. The van der Waals surface area contributed by atoms with Crippen LogP contribution in [0.5, 0.6) is 5.75 Å². The smallest absolute Gasteiger partial charge is 0.267 e. The second-order valence-corrected chi connectivity index (χ2v) is 6.92. The van der Waals surface area contributed by atoms with Crippen molar-refractivity contribution in [3.8, 4) is 17.0 Å². The standard InChI is InChI=1S/C21H21N3O4/c1-12-18(19(24-28-12)13-6-8-16(27-2)9-7-13)20(25)14-10-17(22-11-14)21(26)23-15-4-3-5-15/h6-11,15,22H,3-5H2,1-2H3,(H,23,26). The number of methoxy groups -OCH3 is 1. The van der Waals surface area contributed by atoms with Gasteiger partial charge in [-0.25, -0.2) is 0 Å². The van der Waals surface area contributed by atoms with E-state index < -0.39 is 0 Å². The molecular weight excluding hydrogens is 358 g/mol. The Morgan fingerprint density at radius 3 is 2.64 bits per heavy atom. The van der Waals surface area contributed by atoms with Crippen LogP contribution in [-0.4, -0.2) is 35.0 Å². The SMILES string of the molecule is COc1ccc(-c2noc(C)c2C(=O)c2c[nH]c(C(=O)NC3CCC3)c2)cc1. The van der Waals surface area contributed by atoms with Gasteiger partial charge in [0.25, 0.3) is 5.91 Å². The average Bonchev–Trinajstić information content (AvgIpc) is 3.31. The molecule has 28 heavy (non-hydrogen) atoms. The van der Waals surface area contributed by atoms with Crippen LogP contribution in [0.1, 0.15) is 51.4 Å². The van der Waals surface area contributed by atoms with Crippen molar-refractivity contribution in [2.45, 2.75) is 32.2 Å². The molecule has 0 aliphatic heterocycles. The topological polar surface area (TPSA) is 97.2 Å². The maximum atomic E-state index is 13.1. The third-order valence-corrected chi connectivity index (χ3v) is 5.08. The summed E-state index contributed by atoms with van der Waals surface area (Å²) in [6.45, 7) is 1.70. The summed E-state index contributed by atoms with van der Waals surface area (Å²) in [5.41, 5.74) is 2.36. The third kappa shape index (κ3) is 3.31. The van der Waals surface area contributed by atoms with E-state index in [9.17, 15) is 9.59 Å². The molecule has 0 atom stereocenters. The molecule has 1 amide bonds. The lowest BCUT2D eigenvalue weighted by atomic mass is 9.93. The van der Waals surface area contributed by atoms with Gasteiger partial charge in [-0.3, -0.25) is 9.59 Å². The number of carbonyl (C=O) groups is 2. The summed E-state index contributed by atoms with van der Waals surface area (Å²) in [7, 11) is 1.59. The Hall–Kier alpha value is -3.35. The fraction of sp³-hybridized carbons (Fsp3) is 0.286. The number of hydrogen-bond acceptors (Lipinski definition) is 5. The summed E-state index contributed by atoms with van der Waals surface area (Å²) in [5.74, 6) is 0.701. The highest BCUT2D eigenvalue weighted by atomic mass is 16.5. The molecule has 3 aromatic rings. The Labute approximate surface area is 162 Å². The molecule has 0 spiro atoms. The molecule has 1 aliphatic rings. The van der Waals surface area contributed by atoms with Gasteiger partial charge in [0.1, 0.15) is 22.9 Å². The first-order chi connectivity index (χ1) is 13.6. The van der Waals surface area contributed by atoms with E-state index in [0.717, 1.165) is 24.8 Å². The molecule has 2 heterocycles. The highest BCUT2D eigenvalue weighted by Gasteiger charge is 2.25. The molecule has 0 bridgehead atoms. The molecule has 0 radical (unpaired) electrons. The first-order valence-electron chi connectivity index (χ1n) is 9.21. The van der Waals surface area contributed by atoms with Gasteiger partial charge in [-0.2, -0.15) is 0 Å². The largest absolute Gasteiger partial charge is 0.497 e. The molecule has 2 aromatic heterocycles. The number of aromatic amines is 1. The van der Waals surface area contributed by atoms with Crippen LogP contribution >= 0.6 is 0 Å². The van der Waals surface area contributed by atoms with Gasteiger partial charge in [0.2, 0.25) is 0 Å². The fourth-order valence-corrected chi connectivity index (χ4v) is 3.20. The van der Waals surface area contributed by atoms with Crippen molar-refractivity contribution in [1.82, 2.24) is 15.5 Å². The van der Waals surface area contributed by atoms with E-state index in [1.807, 2.05) is 12.1 Å². The molecule has 7 nitrogen and oxygen atoms in total. The van der Waals surface area contributed by atoms with Gasteiger partial charge in [0.15, 0.2) is 5.78 Å². The number of carbonyl (C=O) groups excluding carboxylic acids is 2. The minimum atomic E-state index is -0.247. The lowest BCUT2D eigenvalue weighted by Gasteiger charge is -2.25. The molecule has 1 saturated carbocycles. The fourth-order valence-electron chi connectivity index (χ4n) is 3.20. The number of aryl methyl sites for hydroxylation is 1. The second-order valence-electron chi connectivity index (χ2n) is 6.92. The zero-order valence-corrected chi connectivity index (χ0v) is 15.7. The normalized spacial score (nSPS) is 13.8. The monoisotopic (exact) mass is 379 g/mol. The van der Waals surface area contributed by atoms with Gasteiger partial charge in [-0.05, 0) is 56.5 Å². The van der Waals surface area contributed by atoms with Gasteiger partial charge in [-0.15, -0.1) is 0 Å². The predicted molar refractivity (Wildman–Crippen MR) is 103 cm³/mol. The Kier molecular flexibility index (Phi) is 4.73. The van der Waals surface area contributed by atoms with Crippen LogP contribution in [0.3, 0.4) is 0 Å². The summed E-state index contributed by atoms with van der Waals surface area (Å²) < 4.78 is 10.5. The lowest BCUT2D eigenvalue weighted by Crippen LogP contribution is -2.39. The van der Waals surface area contributed by atoms with E-state index in [-0.39, 0.29) is 17.7 Å². The number of aromatic nitrogens is 2. The zero-order chi connectivity index (χ0) is 19.7. The molecule has 7 heteroatoms. The number of nitrogens with one attached hydrogen (secondary N) is 2. The number of nitrogens with zero attached hydrogens (tertiary/aromatic N) is 1. The summed E-state index contributed by atoms with van der Waals surface area (Å²) in [6.07, 6.45) is 4.69. The van der Waals surface area contributed by atoms with Crippen molar-refractivity contribution in [2.24, 2.45) is 0 Å². The van der Waals surface area contributed by atoms with Crippen molar-refractivity contribution in [2.75, 3.05) is 7.11 Å². The van der Waals surface area contributed by atoms with Crippen molar-refractivity contribution in [1.29, 1.82) is 0 Å². The van der Waals surface area contributed by atoms with Crippen LogP contribution in [0, 0.1) is 6.92 Å². The number of rotatable bonds is 6. The van der Waals surface area contributed by atoms with E-state index in [0.29, 0.717) is 34.0 Å². The molecule has 0 saturated heterocycles. The lowest BCUT2D eigenvalue weighted by molar-refractivity contribution is 0.0912. The van der Waals surface area contributed by atoms with Crippen LogP contribution < -0.4 is 10.1 Å². The van der Waals surface area contributed by atoms with Gasteiger partial charge in [-0.1, -0.05) is 5.16 Å². The minimum absolute atomic E-state index is 0.193. The van der Waals surface area contributed by atoms with Crippen LogP contribution in [0.2, 0.25) is 0 Å². The van der Waals surface area contributed by atoms with Gasteiger partial charge in [0.05, 0.1) is 12.7 Å². The Bertz CT molecular complexity index is 1010. The number of ketones is 1. The molecule has 0 unspecified atom stereocenters. The van der Waals surface area contributed by atoms with Crippen molar-refractivity contribution >= 4 is 11.7 Å². The third-order valence-electron chi connectivity index (χ3n) is 5.08. The van der Waals surface area contributed by atoms with Gasteiger partial charge >= 0.3 is 0 Å². The predicted octanol–water partition coefficient (Wildman–Crippen LogP) is 3.50. The van der Waals surface area contributed by atoms with Crippen molar-refractivity contribution in [3.05, 3.63) is 59.1 Å². The maximum Gasteiger partial charge on any atom is 0.267 e. The second kappa shape index (κ2) is 7.34. The van der Waals surface area contributed by atoms with Crippen LogP contribution in [0.15, 0.2) is 41.1 Å². The number of H-pyrrole nitrogens is 1. The van der Waals surface area contributed by atoms with E-state index in [4.69, 9.17) is 9.26 Å². The van der Waals surface area contributed by atoms with Crippen LogP contribution in [-0.2, 0) is 0 Å². The summed E-state index contributed by atoms with van der Waals surface area (Å²) in [5, 5.41) is 7.02. The molecule has 1 fully saturated rings. The van der Waals surface area contributed by atoms with Crippen molar-refractivity contribution in [3.63, 3.8) is 0 Å². The summed E-state index contributed by atoms with van der Waals surface area (Å²) in [6, 6.07) is 9.04. The van der Waals surface area contributed by atoms with E-state index >= 15 is 0 Å². The summed E-state index contributed by atoms with van der Waals surface area (Å²) in [4.78, 5) is 28.3.